The zero-order valence-corrected chi connectivity index (χ0v) is 10.2. The van der Waals surface area contributed by atoms with Crippen molar-refractivity contribution in [2.24, 2.45) is 0 Å². The second-order valence-electron chi connectivity index (χ2n) is 3.96. The molecule has 0 atom stereocenters. The van der Waals surface area contributed by atoms with Crippen LogP contribution < -0.4 is 10.2 Å². The zero-order chi connectivity index (χ0) is 12.0. The van der Waals surface area contributed by atoms with Gasteiger partial charge in [0.15, 0.2) is 0 Å². The van der Waals surface area contributed by atoms with E-state index >= 15 is 0 Å². The summed E-state index contributed by atoms with van der Waals surface area (Å²) in [5, 5.41) is 12.2. The van der Waals surface area contributed by atoms with Crippen molar-refractivity contribution < 1.29 is 0 Å². The van der Waals surface area contributed by atoms with Crippen molar-refractivity contribution >= 4 is 5.69 Å². The van der Waals surface area contributed by atoms with Gasteiger partial charge in [-0.2, -0.15) is 5.26 Å². The van der Waals surface area contributed by atoms with E-state index in [0.717, 1.165) is 36.3 Å². The van der Waals surface area contributed by atoms with Gasteiger partial charge in [-0.3, -0.25) is 0 Å². The van der Waals surface area contributed by atoms with Crippen LogP contribution in [-0.4, -0.2) is 27.2 Å². The average molecular weight is 217 g/mol. The summed E-state index contributed by atoms with van der Waals surface area (Å²) in [6.07, 6.45) is 1.08. The molecule has 3 heteroatoms. The number of hydrogen-bond donors (Lipinski definition) is 1. The second kappa shape index (κ2) is 6.14. The molecule has 1 aromatic rings. The number of aryl methyl sites for hydroxylation is 1. The van der Waals surface area contributed by atoms with Gasteiger partial charge in [-0.15, -0.1) is 0 Å². The summed E-state index contributed by atoms with van der Waals surface area (Å²) in [5.41, 5.74) is 2.97. The molecule has 1 aromatic carbocycles. The molecule has 1 N–H and O–H groups in total. The van der Waals surface area contributed by atoms with E-state index in [4.69, 9.17) is 5.26 Å². The van der Waals surface area contributed by atoms with Crippen LogP contribution >= 0.6 is 0 Å². The van der Waals surface area contributed by atoms with Crippen molar-refractivity contribution in [3.05, 3.63) is 29.3 Å². The first-order valence-electron chi connectivity index (χ1n) is 5.56. The molecular formula is C13H19N3. The Balaban J connectivity index is 2.82. The van der Waals surface area contributed by atoms with Crippen LogP contribution in [0.5, 0.6) is 0 Å². The smallest absolute Gasteiger partial charge is 0.101 e. The van der Waals surface area contributed by atoms with Crippen LogP contribution in [0.3, 0.4) is 0 Å². The highest BCUT2D eigenvalue weighted by Crippen LogP contribution is 2.23. The van der Waals surface area contributed by atoms with Crippen LogP contribution in [0.15, 0.2) is 18.2 Å². The van der Waals surface area contributed by atoms with Crippen molar-refractivity contribution in [3.63, 3.8) is 0 Å². The second-order valence-corrected chi connectivity index (χ2v) is 3.96. The van der Waals surface area contributed by atoms with Gasteiger partial charge >= 0.3 is 0 Å². The molecule has 0 saturated heterocycles. The minimum atomic E-state index is 0.756. The Bertz CT molecular complexity index is 379. The normalized spacial score (nSPS) is 9.88. The number of nitriles is 1. The number of benzene rings is 1. The molecule has 0 bridgehead atoms. The molecule has 86 valence electrons. The molecular weight excluding hydrogens is 198 g/mol. The lowest BCUT2D eigenvalue weighted by molar-refractivity contribution is 0.712. The van der Waals surface area contributed by atoms with E-state index in [-0.39, 0.29) is 0 Å². The van der Waals surface area contributed by atoms with Gasteiger partial charge in [0.25, 0.3) is 0 Å². The largest absolute Gasteiger partial charge is 0.373 e. The highest BCUT2D eigenvalue weighted by molar-refractivity contribution is 5.63. The fourth-order valence-corrected chi connectivity index (χ4v) is 1.86. The molecule has 0 saturated carbocycles. The Morgan fingerprint density at radius 1 is 1.44 bits per heavy atom. The molecule has 0 unspecified atom stereocenters. The molecule has 3 nitrogen and oxygen atoms in total. The fourth-order valence-electron chi connectivity index (χ4n) is 1.86. The first-order valence-corrected chi connectivity index (χ1v) is 5.56. The molecule has 0 heterocycles. The predicted molar refractivity (Wildman–Crippen MR) is 67.7 cm³/mol. The van der Waals surface area contributed by atoms with Crippen LogP contribution in [0.2, 0.25) is 0 Å². The topological polar surface area (TPSA) is 39.1 Å². The Kier molecular flexibility index (Phi) is 4.81. The van der Waals surface area contributed by atoms with E-state index < -0.39 is 0 Å². The van der Waals surface area contributed by atoms with Gasteiger partial charge in [-0.1, -0.05) is 12.1 Å². The Morgan fingerprint density at radius 3 is 2.81 bits per heavy atom. The molecule has 0 amide bonds. The number of nitrogens with zero attached hydrogens (tertiary/aromatic N) is 2. The lowest BCUT2D eigenvalue weighted by atomic mass is 10.1. The monoisotopic (exact) mass is 217 g/mol. The van der Waals surface area contributed by atoms with Crippen molar-refractivity contribution in [3.8, 4) is 6.07 Å². The number of rotatable bonds is 5. The molecule has 0 aliphatic heterocycles. The van der Waals surface area contributed by atoms with Gasteiger partial charge in [-0.25, -0.2) is 0 Å². The molecule has 0 aliphatic rings. The van der Waals surface area contributed by atoms with Crippen LogP contribution in [-0.2, 0) is 0 Å². The van der Waals surface area contributed by atoms with Crippen molar-refractivity contribution in [2.75, 3.05) is 32.1 Å². The molecule has 0 radical (unpaired) electrons. The summed E-state index contributed by atoms with van der Waals surface area (Å²) in [6.45, 7) is 4.00. The van der Waals surface area contributed by atoms with Crippen molar-refractivity contribution in [1.29, 1.82) is 5.26 Å². The van der Waals surface area contributed by atoms with E-state index in [0.29, 0.717) is 0 Å². The van der Waals surface area contributed by atoms with Gasteiger partial charge in [-0.05, 0) is 38.6 Å². The molecule has 0 spiro atoms. The summed E-state index contributed by atoms with van der Waals surface area (Å²) in [6, 6.07) is 8.10. The predicted octanol–water partition coefficient (Wildman–Crippen LogP) is 1.91. The van der Waals surface area contributed by atoms with Crippen LogP contribution in [0, 0.1) is 18.3 Å². The summed E-state index contributed by atoms with van der Waals surface area (Å²) in [5.74, 6) is 0. The highest BCUT2D eigenvalue weighted by atomic mass is 15.1. The SMILES string of the molecule is CNCCCN(C)c1c(C)cccc1C#N. The molecule has 0 fully saturated rings. The minimum absolute atomic E-state index is 0.756. The number of nitrogens with one attached hydrogen (secondary N) is 1. The van der Waals surface area contributed by atoms with Crippen LogP contribution in [0.25, 0.3) is 0 Å². The van der Waals surface area contributed by atoms with Gasteiger partial charge in [0.1, 0.15) is 6.07 Å². The Morgan fingerprint density at radius 2 is 2.19 bits per heavy atom. The molecule has 1 rings (SSSR count). The van der Waals surface area contributed by atoms with Gasteiger partial charge in [0, 0.05) is 13.6 Å². The van der Waals surface area contributed by atoms with Crippen LogP contribution in [0.1, 0.15) is 17.5 Å². The third kappa shape index (κ3) is 2.98. The highest BCUT2D eigenvalue weighted by Gasteiger charge is 2.09. The van der Waals surface area contributed by atoms with E-state index in [2.05, 4.69) is 16.3 Å². The summed E-state index contributed by atoms with van der Waals surface area (Å²) < 4.78 is 0. The first-order chi connectivity index (χ1) is 7.70. The number of hydrogen-bond acceptors (Lipinski definition) is 3. The molecule has 0 aliphatic carbocycles. The van der Waals surface area contributed by atoms with Gasteiger partial charge in [0.05, 0.1) is 11.3 Å². The lowest BCUT2D eigenvalue weighted by Crippen LogP contribution is -2.23. The summed E-state index contributed by atoms with van der Waals surface area (Å²) in [7, 11) is 3.99. The maximum Gasteiger partial charge on any atom is 0.101 e. The van der Waals surface area contributed by atoms with Gasteiger partial charge in [0.2, 0.25) is 0 Å². The fraction of sp³-hybridized carbons (Fsp3) is 0.462. The third-order valence-electron chi connectivity index (χ3n) is 2.66. The standard InChI is InChI=1S/C13H19N3/c1-11-6-4-7-12(10-14)13(11)16(3)9-5-8-15-2/h4,6-7,15H,5,8-9H2,1-3H3. The maximum atomic E-state index is 9.07. The van der Waals surface area contributed by atoms with E-state index in [1.54, 1.807) is 0 Å². The zero-order valence-electron chi connectivity index (χ0n) is 10.2. The number of para-hydroxylation sites is 1. The number of anilines is 1. The molecule has 16 heavy (non-hydrogen) atoms. The third-order valence-corrected chi connectivity index (χ3v) is 2.66. The quantitative estimate of drug-likeness (QED) is 0.766. The van der Waals surface area contributed by atoms with Crippen LogP contribution in [0.4, 0.5) is 5.69 Å². The molecule has 0 aromatic heterocycles. The average Bonchev–Trinajstić information content (AvgIpc) is 2.28. The first kappa shape index (κ1) is 12.5. The minimum Gasteiger partial charge on any atom is -0.373 e. The lowest BCUT2D eigenvalue weighted by Gasteiger charge is -2.22. The Labute approximate surface area is 97.7 Å². The van der Waals surface area contributed by atoms with E-state index in [9.17, 15) is 0 Å². The van der Waals surface area contributed by atoms with E-state index in [1.165, 1.54) is 0 Å². The summed E-state index contributed by atoms with van der Waals surface area (Å²) in [4.78, 5) is 2.16. The Hall–Kier alpha value is -1.53. The van der Waals surface area contributed by atoms with Crippen molar-refractivity contribution in [1.82, 2.24) is 5.32 Å². The van der Waals surface area contributed by atoms with Crippen molar-refractivity contribution in [2.45, 2.75) is 13.3 Å². The van der Waals surface area contributed by atoms with Gasteiger partial charge < -0.3 is 10.2 Å². The van der Waals surface area contributed by atoms with E-state index in [1.807, 2.05) is 39.2 Å². The maximum absolute atomic E-state index is 9.07. The summed E-state index contributed by atoms with van der Waals surface area (Å²) >= 11 is 0.